The molecule has 1 aliphatic heterocycles. The Kier molecular flexibility index (Phi) is 5.96. The minimum absolute atomic E-state index is 0.144. The van der Waals surface area contributed by atoms with Gasteiger partial charge in [-0.25, -0.2) is 15.0 Å². The van der Waals surface area contributed by atoms with Gasteiger partial charge in [-0.15, -0.1) is 0 Å². The van der Waals surface area contributed by atoms with Crippen molar-refractivity contribution in [1.29, 1.82) is 0 Å². The number of hydrogen-bond acceptors (Lipinski definition) is 6. The zero-order chi connectivity index (χ0) is 22.1. The van der Waals surface area contributed by atoms with E-state index in [1.165, 1.54) is 0 Å². The second-order valence-electron chi connectivity index (χ2n) is 7.91. The quantitative estimate of drug-likeness (QED) is 0.573. The van der Waals surface area contributed by atoms with E-state index >= 15 is 0 Å². The SMILES string of the molecule is CCc1nc(C)c(C(=O)N2CCCC2c2nc(N(C)C)ncc2-c2cccc(Cl)c2)o1. The second kappa shape index (κ2) is 8.67. The second-order valence-corrected chi connectivity index (χ2v) is 8.34. The minimum Gasteiger partial charge on any atom is -0.435 e. The van der Waals surface area contributed by atoms with Crippen molar-refractivity contribution in [3.8, 4) is 11.1 Å². The number of carbonyl (C=O) groups is 1. The van der Waals surface area contributed by atoms with E-state index in [2.05, 4.69) is 9.97 Å². The van der Waals surface area contributed by atoms with E-state index in [-0.39, 0.29) is 11.9 Å². The molecule has 1 aromatic carbocycles. The van der Waals surface area contributed by atoms with E-state index in [4.69, 9.17) is 21.0 Å². The molecule has 7 nitrogen and oxygen atoms in total. The third-order valence-electron chi connectivity index (χ3n) is 5.51. The van der Waals surface area contributed by atoms with Crippen LogP contribution < -0.4 is 4.90 Å². The third-order valence-corrected chi connectivity index (χ3v) is 5.74. The minimum atomic E-state index is -0.183. The predicted octanol–water partition coefficient (Wildman–Crippen LogP) is 4.70. The average molecular weight is 440 g/mol. The van der Waals surface area contributed by atoms with E-state index in [0.29, 0.717) is 41.3 Å². The van der Waals surface area contributed by atoms with Crippen LogP contribution in [-0.2, 0) is 6.42 Å². The van der Waals surface area contributed by atoms with E-state index in [1.807, 2.05) is 68.2 Å². The maximum absolute atomic E-state index is 13.4. The van der Waals surface area contributed by atoms with Gasteiger partial charge in [0.05, 0.1) is 17.4 Å². The van der Waals surface area contributed by atoms with Crippen LogP contribution >= 0.6 is 11.6 Å². The van der Waals surface area contributed by atoms with Gasteiger partial charge in [0.25, 0.3) is 5.91 Å². The van der Waals surface area contributed by atoms with E-state index < -0.39 is 0 Å². The van der Waals surface area contributed by atoms with Gasteiger partial charge in [-0.05, 0) is 37.5 Å². The topological polar surface area (TPSA) is 75.4 Å². The zero-order valence-corrected chi connectivity index (χ0v) is 19.0. The van der Waals surface area contributed by atoms with Crippen LogP contribution in [0.2, 0.25) is 5.02 Å². The molecule has 1 unspecified atom stereocenters. The molecule has 0 bridgehead atoms. The number of likely N-dealkylation sites (tertiary alicyclic amines) is 1. The summed E-state index contributed by atoms with van der Waals surface area (Å²) in [7, 11) is 3.81. The van der Waals surface area contributed by atoms with Crippen molar-refractivity contribution in [3.63, 3.8) is 0 Å². The molecule has 1 atom stereocenters. The molecule has 3 heterocycles. The molecule has 0 aliphatic carbocycles. The first-order valence-electron chi connectivity index (χ1n) is 10.5. The van der Waals surface area contributed by atoms with Crippen LogP contribution in [0.3, 0.4) is 0 Å². The molecule has 2 aromatic heterocycles. The van der Waals surface area contributed by atoms with E-state index in [0.717, 1.165) is 29.7 Å². The summed E-state index contributed by atoms with van der Waals surface area (Å²) in [4.78, 5) is 30.9. The van der Waals surface area contributed by atoms with Crippen LogP contribution in [0.25, 0.3) is 11.1 Å². The first-order chi connectivity index (χ1) is 14.9. The van der Waals surface area contributed by atoms with Crippen molar-refractivity contribution in [2.45, 2.75) is 39.2 Å². The Hall–Kier alpha value is -2.93. The molecular formula is C23H26ClN5O2. The summed E-state index contributed by atoms with van der Waals surface area (Å²) in [5, 5.41) is 0.642. The zero-order valence-electron chi connectivity index (χ0n) is 18.2. The standard InChI is InChI=1S/C23H26ClN5O2/c1-5-19-26-14(2)21(31-19)22(30)29-11-7-10-18(29)20-17(13-25-23(27-20)28(3)4)15-8-6-9-16(24)12-15/h6,8-9,12-13,18H,5,7,10-11H2,1-4H3. The summed E-state index contributed by atoms with van der Waals surface area (Å²) in [5.74, 6) is 1.35. The molecule has 0 N–H and O–H groups in total. The molecular weight excluding hydrogens is 414 g/mol. The summed E-state index contributed by atoms with van der Waals surface area (Å²) in [6.45, 7) is 4.41. The molecule has 8 heteroatoms. The number of aryl methyl sites for hydroxylation is 2. The van der Waals surface area contributed by atoms with Crippen LogP contribution in [0, 0.1) is 6.92 Å². The summed E-state index contributed by atoms with van der Waals surface area (Å²) in [5.41, 5.74) is 3.25. The number of anilines is 1. The van der Waals surface area contributed by atoms with E-state index in [1.54, 1.807) is 0 Å². The highest BCUT2D eigenvalue weighted by molar-refractivity contribution is 6.30. The number of halogens is 1. The maximum Gasteiger partial charge on any atom is 0.292 e. The Morgan fingerprint density at radius 3 is 2.81 bits per heavy atom. The fourth-order valence-corrected chi connectivity index (χ4v) is 4.15. The van der Waals surface area contributed by atoms with Crippen LogP contribution in [0.15, 0.2) is 34.9 Å². The molecule has 0 radical (unpaired) electrons. The number of oxazole rings is 1. The normalized spacial score (nSPS) is 16.0. The smallest absolute Gasteiger partial charge is 0.292 e. The van der Waals surface area contributed by atoms with Crippen molar-refractivity contribution in [2.75, 3.05) is 25.5 Å². The van der Waals surface area contributed by atoms with Crippen LogP contribution in [0.1, 0.15) is 53.6 Å². The highest BCUT2D eigenvalue weighted by atomic mass is 35.5. The van der Waals surface area contributed by atoms with Crippen molar-refractivity contribution in [1.82, 2.24) is 19.9 Å². The fraction of sp³-hybridized carbons (Fsp3) is 0.391. The molecule has 4 rings (SSSR count). The van der Waals surface area contributed by atoms with Crippen molar-refractivity contribution in [3.05, 3.63) is 58.5 Å². The predicted molar refractivity (Wildman–Crippen MR) is 120 cm³/mol. The lowest BCUT2D eigenvalue weighted by molar-refractivity contribution is 0.0698. The molecule has 31 heavy (non-hydrogen) atoms. The summed E-state index contributed by atoms with van der Waals surface area (Å²) in [6.07, 6.45) is 4.17. The van der Waals surface area contributed by atoms with Crippen molar-refractivity contribution in [2.24, 2.45) is 0 Å². The summed E-state index contributed by atoms with van der Waals surface area (Å²) in [6, 6.07) is 7.44. The average Bonchev–Trinajstić information content (AvgIpc) is 3.39. The van der Waals surface area contributed by atoms with Crippen molar-refractivity contribution >= 4 is 23.5 Å². The van der Waals surface area contributed by atoms with E-state index in [9.17, 15) is 4.79 Å². The van der Waals surface area contributed by atoms with Crippen LogP contribution in [0.4, 0.5) is 5.95 Å². The number of amides is 1. The van der Waals surface area contributed by atoms with Gasteiger partial charge >= 0.3 is 0 Å². The Morgan fingerprint density at radius 2 is 2.13 bits per heavy atom. The maximum atomic E-state index is 13.4. The van der Waals surface area contributed by atoms with Gasteiger partial charge in [0.1, 0.15) is 0 Å². The number of benzene rings is 1. The number of rotatable bonds is 5. The Morgan fingerprint density at radius 1 is 1.32 bits per heavy atom. The molecule has 1 amide bonds. The monoisotopic (exact) mass is 439 g/mol. The lowest BCUT2D eigenvalue weighted by Gasteiger charge is -2.26. The van der Waals surface area contributed by atoms with Gasteiger partial charge in [0, 0.05) is 43.8 Å². The number of aromatic nitrogens is 3. The Labute approximate surface area is 187 Å². The van der Waals surface area contributed by atoms with Crippen molar-refractivity contribution < 1.29 is 9.21 Å². The highest BCUT2D eigenvalue weighted by Gasteiger charge is 2.36. The van der Waals surface area contributed by atoms with Crippen LogP contribution in [0.5, 0.6) is 0 Å². The van der Waals surface area contributed by atoms with Gasteiger partial charge in [-0.1, -0.05) is 30.7 Å². The van der Waals surface area contributed by atoms with Crippen LogP contribution in [-0.4, -0.2) is 46.4 Å². The molecule has 0 saturated carbocycles. The third kappa shape index (κ3) is 4.14. The number of carbonyl (C=O) groups excluding carboxylic acids is 1. The Balaban J connectivity index is 1.78. The first kappa shape index (κ1) is 21.3. The molecule has 162 valence electrons. The van der Waals surface area contributed by atoms with Gasteiger partial charge in [-0.3, -0.25) is 4.79 Å². The first-order valence-corrected chi connectivity index (χ1v) is 10.8. The van der Waals surface area contributed by atoms with Gasteiger partial charge in [0.2, 0.25) is 11.7 Å². The van der Waals surface area contributed by atoms with Gasteiger partial charge < -0.3 is 14.2 Å². The molecule has 1 fully saturated rings. The summed E-state index contributed by atoms with van der Waals surface area (Å²) < 4.78 is 5.75. The molecule has 1 saturated heterocycles. The number of hydrogen-bond donors (Lipinski definition) is 0. The Bertz CT molecular complexity index is 1110. The largest absolute Gasteiger partial charge is 0.435 e. The fourth-order valence-electron chi connectivity index (χ4n) is 3.96. The number of nitrogens with zero attached hydrogens (tertiary/aromatic N) is 5. The lowest BCUT2D eigenvalue weighted by Crippen LogP contribution is -2.32. The molecule has 3 aromatic rings. The molecule has 1 aliphatic rings. The summed E-state index contributed by atoms with van der Waals surface area (Å²) >= 11 is 6.25. The van der Waals surface area contributed by atoms with Gasteiger partial charge in [-0.2, -0.15) is 0 Å². The molecule has 0 spiro atoms. The lowest BCUT2D eigenvalue weighted by atomic mass is 9.99. The van der Waals surface area contributed by atoms with Gasteiger partial charge in [0.15, 0.2) is 5.89 Å². The highest BCUT2D eigenvalue weighted by Crippen LogP contribution is 2.38.